The molecule has 0 rings (SSSR count). The van der Waals surface area contributed by atoms with E-state index >= 15 is 0 Å². The average Bonchev–Trinajstić information content (AvgIpc) is 1.98. The summed E-state index contributed by atoms with van der Waals surface area (Å²) in [6, 6.07) is 0. The Kier molecular flexibility index (Phi) is 4.58. The fourth-order valence-corrected chi connectivity index (χ4v) is 0.349. The Balaban J connectivity index is 3.63. The van der Waals surface area contributed by atoms with E-state index < -0.39 is 0 Å². The van der Waals surface area contributed by atoms with Crippen LogP contribution in [0.2, 0.25) is 0 Å². The molecule has 0 spiro atoms. The van der Waals surface area contributed by atoms with Crippen molar-refractivity contribution < 1.29 is 9.63 Å². The van der Waals surface area contributed by atoms with Gasteiger partial charge in [0, 0.05) is 5.57 Å². The second-order valence-corrected chi connectivity index (χ2v) is 1.84. The molecule has 0 heterocycles. The molecule has 0 aromatic carbocycles. The zero-order chi connectivity index (χ0) is 7.98. The first kappa shape index (κ1) is 9.17. The summed E-state index contributed by atoms with van der Waals surface area (Å²) in [5, 5.41) is 0. The van der Waals surface area contributed by atoms with Gasteiger partial charge in [0.2, 0.25) is 0 Å². The SMILES string of the molecule is C/C=C(\C)C(=O)NOCC. The van der Waals surface area contributed by atoms with Crippen LogP contribution in [0.25, 0.3) is 0 Å². The molecule has 0 radical (unpaired) electrons. The van der Waals surface area contributed by atoms with E-state index in [0.29, 0.717) is 12.2 Å². The lowest BCUT2D eigenvalue weighted by molar-refractivity contribution is -0.129. The summed E-state index contributed by atoms with van der Waals surface area (Å²) in [5.41, 5.74) is 2.94. The number of hydroxylamine groups is 1. The molecule has 58 valence electrons. The first-order valence-electron chi connectivity index (χ1n) is 3.27. The summed E-state index contributed by atoms with van der Waals surface area (Å²) in [5.74, 6) is -0.177. The summed E-state index contributed by atoms with van der Waals surface area (Å²) >= 11 is 0. The Morgan fingerprint density at radius 2 is 2.30 bits per heavy atom. The van der Waals surface area contributed by atoms with Gasteiger partial charge in [-0.15, -0.1) is 0 Å². The molecule has 0 fully saturated rings. The van der Waals surface area contributed by atoms with Crippen LogP contribution in [-0.2, 0) is 9.63 Å². The van der Waals surface area contributed by atoms with Gasteiger partial charge in [-0.3, -0.25) is 9.63 Å². The number of hydrogen-bond acceptors (Lipinski definition) is 2. The van der Waals surface area contributed by atoms with Gasteiger partial charge in [0.25, 0.3) is 5.91 Å². The summed E-state index contributed by atoms with van der Waals surface area (Å²) in [6.45, 7) is 5.84. The van der Waals surface area contributed by atoms with Crippen LogP contribution in [0.15, 0.2) is 11.6 Å². The first-order valence-corrected chi connectivity index (χ1v) is 3.27. The Bertz CT molecular complexity index is 141. The predicted molar refractivity (Wildman–Crippen MR) is 39.2 cm³/mol. The van der Waals surface area contributed by atoms with E-state index in [0.717, 1.165) is 0 Å². The largest absolute Gasteiger partial charge is 0.274 e. The van der Waals surface area contributed by atoms with Crippen LogP contribution in [0.4, 0.5) is 0 Å². The minimum Gasteiger partial charge on any atom is -0.274 e. The molecule has 3 heteroatoms. The van der Waals surface area contributed by atoms with Gasteiger partial charge < -0.3 is 0 Å². The molecule has 1 N–H and O–H groups in total. The Morgan fingerprint density at radius 1 is 1.70 bits per heavy atom. The molecule has 0 bridgehead atoms. The standard InChI is InChI=1S/C7H13NO2/c1-4-6(3)7(9)8-10-5-2/h4H,5H2,1-3H3,(H,8,9)/b6-4+. The number of amides is 1. The zero-order valence-electron chi connectivity index (χ0n) is 6.60. The van der Waals surface area contributed by atoms with Crippen LogP contribution in [0.5, 0.6) is 0 Å². The minimum atomic E-state index is -0.177. The van der Waals surface area contributed by atoms with Crippen molar-refractivity contribution >= 4 is 5.91 Å². The van der Waals surface area contributed by atoms with Crippen LogP contribution in [-0.4, -0.2) is 12.5 Å². The van der Waals surface area contributed by atoms with Crippen LogP contribution >= 0.6 is 0 Å². The van der Waals surface area contributed by atoms with E-state index in [2.05, 4.69) is 10.3 Å². The third-order valence-corrected chi connectivity index (χ3v) is 1.10. The molecule has 10 heavy (non-hydrogen) atoms. The molecule has 0 aromatic heterocycles. The van der Waals surface area contributed by atoms with Crippen molar-refractivity contribution in [3.05, 3.63) is 11.6 Å². The van der Waals surface area contributed by atoms with E-state index in [1.807, 2.05) is 6.92 Å². The highest BCUT2D eigenvalue weighted by atomic mass is 16.6. The predicted octanol–water partition coefficient (Wildman–Crippen LogP) is 1.02. The Hall–Kier alpha value is -0.830. The van der Waals surface area contributed by atoms with Gasteiger partial charge >= 0.3 is 0 Å². The number of rotatable bonds is 3. The van der Waals surface area contributed by atoms with E-state index in [1.165, 1.54) is 0 Å². The molecule has 0 aliphatic carbocycles. The summed E-state index contributed by atoms with van der Waals surface area (Å²) in [6.07, 6.45) is 1.73. The summed E-state index contributed by atoms with van der Waals surface area (Å²) in [7, 11) is 0. The molecule has 0 aromatic rings. The van der Waals surface area contributed by atoms with Gasteiger partial charge in [-0.2, -0.15) is 0 Å². The second kappa shape index (κ2) is 4.99. The van der Waals surface area contributed by atoms with Crippen molar-refractivity contribution in [2.24, 2.45) is 0 Å². The Labute approximate surface area is 61.0 Å². The monoisotopic (exact) mass is 143 g/mol. The number of carbonyl (C=O) groups excluding carboxylic acids is 1. The number of carbonyl (C=O) groups is 1. The molecule has 0 atom stereocenters. The van der Waals surface area contributed by atoms with E-state index in [4.69, 9.17) is 0 Å². The van der Waals surface area contributed by atoms with E-state index in [1.54, 1.807) is 19.9 Å². The molecule has 0 aliphatic rings. The van der Waals surface area contributed by atoms with E-state index in [-0.39, 0.29) is 5.91 Å². The van der Waals surface area contributed by atoms with Crippen molar-refractivity contribution in [1.29, 1.82) is 0 Å². The summed E-state index contributed by atoms with van der Waals surface area (Å²) in [4.78, 5) is 15.5. The fourth-order valence-electron chi connectivity index (χ4n) is 0.349. The van der Waals surface area contributed by atoms with Gasteiger partial charge in [0.05, 0.1) is 6.61 Å². The van der Waals surface area contributed by atoms with Gasteiger partial charge in [-0.1, -0.05) is 6.08 Å². The van der Waals surface area contributed by atoms with Crippen LogP contribution in [0.3, 0.4) is 0 Å². The molecular weight excluding hydrogens is 130 g/mol. The molecule has 0 aliphatic heterocycles. The van der Waals surface area contributed by atoms with Gasteiger partial charge in [0.1, 0.15) is 0 Å². The third-order valence-electron chi connectivity index (χ3n) is 1.10. The third kappa shape index (κ3) is 3.25. The maximum Gasteiger partial charge on any atom is 0.270 e. The maximum atomic E-state index is 10.8. The Morgan fingerprint density at radius 3 is 2.70 bits per heavy atom. The van der Waals surface area contributed by atoms with Crippen molar-refractivity contribution in [3.63, 3.8) is 0 Å². The maximum absolute atomic E-state index is 10.8. The number of allylic oxidation sites excluding steroid dienone is 1. The van der Waals surface area contributed by atoms with Gasteiger partial charge in [-0.05, 0) is 20.8 Å². The number of nitrogens with one attached hydrogen (secondary N) is 1. The van der Waals surface area contributed by atoms with E-state index in [9.17, 15) is 4.79 Å². The molecule has 1 amide bonds. The zero-order valence-corrected chi connectivity index (χ0v) is 6.60. The molecule has 0 saturated carbocycles. The second-order valence-electron chi connectivity index (χ2n) is 1.84. The molecule has 0 saturated heterocycles. The van der Waals surface area contributed by atoms with Crippen molar-refractivity contribution in [3.8, 4) is 0 Å². The minimum absolute atomic E-state index is 0.177. The normalized spacial score (nSPS) is 11.3. The fraction of sp³-hybridized carbons (Fsp3) is 0.571. The quantitative estimate of drug-likeness (QED) is 0.473. The van der Waals surface area contributed by atoms with Crippen LogP contribution < -0.4 is 5.48 Å². The smallest absolute Gasteiger partial charge is 0.270 e. The van der Waals surface area contributed by atoms with Crippen LogP contribution in [0, 0.1) is 0 Å². The summed E-state index contributed by atoms with van der Waals surface area (Å²) < 4.78 is 0. The molecule has 3 nitrogen and oxygen atoms in total. The molecule has 0 unspecified atom stereocenters. The van der Waals surface area contributed by atoms with Gasteiger partial charge in [-0.25, -0.2) is 5.48 Å². The lowest BCUT2D eigenvalue weighted by atomic mass is 10.3. The van der Waals surface area contributed by atoms with Gasteiger partial charge in [0.15, 0.2) is 0 Å². The highest BCUT2D eigenvalue weighted by Gasteiger charge is 1.99. The van der Waals surface area contributed by atoms with Crippen molar-refractivity contribution in [1.82, 2.24) is 5.48 Å². The average molecular weight is 143 g/mol. The lowest BCUT2D eigenvalue weighted by Gasteiger charge is -2.01. The number of hydrogen-bond donors (Lipinski definition) is 1. The first-order chi connectivity index (χ1) is 4.72. The molecular formula is C7H13NO2. The lowest BCUT2D eigenvalue weighted by Crippen LogP contribution is -2.24. The highest BCUT2D eigenvalue weighted by molar-refractivity contribution is 5.91. The topological polar surface area (TPSA) is 38.3 Å². The van der Waals surface area contributed by atoms with Crippen LogP contribution in [0.1, 0.15) is 20.8 Å². The van der Waals surface area contributed by atoms with Crippen molar-refractivity contribution in [2.45, 2.75) is 20.8 Å². The van der Waals surface area contributed by atoms with Crippen molar-refractivity contribution in [2.75, 3.05) is 6.61 Å². The highest BCUT2D eigenvalue weighted by Crippen LogP contribution is 1.89.